The fourth-order valence-electron chi connectivity index (χ4n) is 2.22. The van der Waals surface area contributed by atoms with Gasteiger partial charge in [-0.25, -0.2) is 0 Å². The van der Waals surface area contributed by atoms with Crippen molar-refractivity contribution < 1.29 is 14.9 Å². The van der Waals surface area contributed by atoms with E-state index in [9.17, 15) is 10.2 Å². The van der Waals surface area contributed by atoms with Crippen LogP contribution in [0.25, 0.3) is 0 Å². The van der Waals surface area contributed by atoms with Gasteiger partial charge >= 0.3 is 0 Å². The van der Waals surface area contributed by atoms with E-state index in [-0.39, 0.29) is 5.92 Å². The molecule has 0 aromatic carbocycles. The van der Waals surface area contributed by atoms with Crippen molar-refractivity contribution in [3.63, 3.8) is 0 Å². The topological polar surface area (TPSA) is 49.7 Å². The van der Waals surface area contributed by atoms with E-state index in [1.165, 1.54) is 0 Å². The minimum atomic E-state index is -1.09. The Labute approximate surface area is 118 Å². The maximum absolute atomic E-state index is 10.2. The molecule has 0 fully saturated rings. The van der Waals surface area contributed by atoms with Gasteiger partial charge in [-0.15, -0.1) is 0 Å². The monoisotopic (exact) mass is 270 g/mol. The van der Waals surface area contributed by atoms with Crippen molar-refractivity contribution >= 4 is 0 Å². The van der Waals surface area contributed by atoms with Crippen molar-refractivity contribution in [3.8, 4) is 11.8 Å². The van der Waals surface area contributed by atoms with Crippen LogP contribution in [0.3, 0.4) is 0 Å². The van der Waals surface area contributed by atoms with Gasteiger partial charge in [0.1, 0.15) is 11.2 Å². The van der Waals surface area contributed by atoms with Crippen LogP contribution in [0.5, 0.6) is 0 Å². The third-order valence-corrected chi connectivity index (χ3v) is 2.76. The Bertz CT molecular complexity index is 308. The molecule has 112 valence electrons. The Morgan fingerprint density at radius 1 is 1.00 bits per heavy atom. The number of ether oxygens (including phenoxy) is 1. The predicted molar refractivity (Wildman–Crippen MR) is 78.8 cm³/mol. The van der Waals surface area contributed by atoms with E-state index in [0.29, 0.717) is 32.0 Å². The summed E-state index contributed by atoms with van der Waals surface area (Å²) in [6, 6.07) is 0. The summed E-state index contributed by atoms with van der Waals surface area (Å²) in [6.07, 6.45) is 1.14. The lowest BCUT2D eigenvalue weighted by molar-refractivity contribution is 0.0541. The zero-order valence-corrected chi connectivity index (χ0v) is 13.3. The van der Waals surface area contributed by atoms with Crippen LogP contribution in [-0.2, 0) is 4.74 Å². The van der Waals surface area contributed by atoms with Gasteiger partial charge in [0, 0.05) is 13.2 Å². The van der Waals surface area contributed by atoms with E-state index < -0.39 is 11.2 Å². The zero-order valence-electron chi connectivity index (χ0n) is 13.3. The molecule has 3 unspecified atom stereocenters. The molecule has 0 aliphatic carbocycles. The summed E-state index contributed by atoms with van der Waals surface area (Å²) in [4.78, 5) is 0. The standard InChI is InChI=1S/C16H30O3/c1-7-19-12-14(4)11-16(6,18)9-8-15(5,17)10-13(2)3/h13-14,17-18H,7,10-12H2,1-6H3. The average Bonchev–Trinajstić information content (AvgIpc) is 2.22. The smallest absolute Gasteiger partial charge is 0.123 e. The molecule has 19 heavy (non-hydrogen) atoms. The lowest BCUT2D eigenvalue weighted by atomic mass is 9.90. The second-order valence-corrected chi connectivity index (χ2v) is 6.36. The summed E-state index contributed by atoms with van der Waals surface area (Å²) in [7, 11) is 0. The van der Waals surface area contributed by atoms with Gasteiger partial charge < -0.3 is 14.9 Å². The zero-order chi connectivity index (χ0) is 15.1. The van der Waals surface area contributed by atoms with Crippen molar-refractivity contribution in [3.05, 3.63) is 0 Å². The third kappa shape index (κ3) is 9.95. The number of aliphatic hydroxyl groups is 2. The molecule has 0 aromatic rings. The first-order valence-corrected chi connectivity index (χ1v) is 7.15. The van der Waals surface area contributed by atoms with Gasteiger partial charge in [0.05, 0.1) is 0 Å². The number of hydrogen-bond acceptors (Lipinski definition) is 3. The number of hydrogen-bond donors (Lipinski definition) is 2. The first-order valence-electron chi connectivity index (χ1n) is 7.15. The maximum Gasteiger partial charge on any atom is 0.123 e. The van der Waals surface area contributed by atoms with E-state index in [2.05, 4.69) is 11.8 Å². The van der Waals surface area contributed by atoms with E-state index in [1.807, 2.05) is 27.7 Å². The lowest BCUT2D eigenvalue weighted by Gasteiger charge is -2.23. The average molecular weight is 270 g/mol. The molecular weight excluding hydrogens is 240 g/mol. The molecule has 2 N–H and O–H groups in total. The highest BCUT2D eigenvalue weighted by Crippen LogP contribution is 2.19. The highest BCUT2D eigenvalue weighted by atomic mass is 16.5. The van der Waals surface area contributed by atoms with Crippen LogP contribution < -0.4 is 0 Å². The van der Waals surface area contributed by atoms with Gasteiger partial charge in [-0.05, 0) is 45.4 Å². The molecule has 3 nitrogen and oxygen atoms in total. The number of rotatable bonds is 7. The van der Waals surface area contributed by atoms with Gasteiger partial charge in [0.2, 0.25) is 0 Å². The van der Waals surface area contributed by atoms with E-state index >= 15 is 0 Å². The highest BCUT2D eigenvalue weighted by molar-refractivity contribution is 5.19. The molecule has 3 atom stereocenters. The summed E-state index contributed by atoms with van der Waals surface area (Å²) in [6.45, 7) is 12.7. The first kappa shape index (κ1) is 18.4. The second kappa shape index (κ2) is 7.89. The second-order valence-electron chi connectivity index (χ2n) is 6.36. The van der Waals surface area contributed by atoms with Gasteiger partial charge in [-0.3, -0.25) is 0 Å². The van der Waals surface area contributed by atoms with Gasteiger partial charge in [0.25, 0.3) is 0 Å². The Balaban J connectivity index is 4.51. The summed E-state index contributed by atoms with van der Waals surface area (Å²) in [5.41, 5.74) is -2.13. The lowest BCUT2D eigenvalue weighted by Crippen LogP contribution is -2.29. The molecule has 0 amide bonds. The molecule has 0 rings (SSSR count). The maximum atomic E-state index is 10.2. The van der Waals surface area contributed by atoms with Crippen molar-refractivity contribution in [2.45, 2.75) is 65.6 Å². The van der Waals surface area contributed by atoms with Gasteiger partial charge in [0.15, 0.2) is 0 Å². The van der Waals surface area contributed by atoms with E-state index in [0.717, 1.165) is 0 Å². The Morgan fingerprint density at radius 3 is 1.89 bits per heavy atom. The summed E-state index contributed by atoms with van der Waals surface area (Å²) >= 11 is 0. The minimum Gasteiger partial charge on any atom is -0.381 e. The quantitative estimate of drug-likeness (QED) is 0.699. The molecule has 0 aliphatic rings. The molecule has 0 aromatic heterocycles. The van der Waals surface area contributed by atoms with Gasteiger partial charge in [-0.1, -0.05) is 32.6 Å². The first-order chi connectivity index (χ1) is 8.58. The van der Waals surface area contributed by atoms with Crippen LogP contribution in [0.2, 0.25) is 0 Å². The van der Waals surface area contributed by atoms with Crippen LogP contribution in [0.4, 0.5) is 0 Å². The predicted octanol–water partition coefficient (Wildman–Crippen LogP) is 2.60. The fraction of sp³-hybridized carbons (Fsp3) is 0.875. The Hall–Kier alpha value is -0.560. The molecule has 0 aliphatic heterocycles. The van der Waals surface area contributed by atoms with Crippen molar-refractivity contribution in [1.29, 1.82) is 0 Å². The van der Waals surface area contributed by atoms with Crippen molar-refractivity contribution in [2.75, 3.05) is 13.2 Å². The molecule has 0 saturated carbocycles. The highest BCUT2D eigenvalue weighted by Gasteiger charge is 2.24. The Morgan fingerprint density at radius 2 is 1.47 bits per heavy atom. The normalized spacial score (nSPS) is 19.2. The summed E-state index contributed by atoms with van der Waals surface area (Å²) in [5, 5.41) is 20.4. The molecule has 0 heterocycles. The molecular formula is C16H30O3. The minimum absolute atomic E-state index is 0.235. The van der Waals surface area contributed by atoms with Crippen molar-refractivity contribution in [1.82, 2.24) is 0 Å². The van der Waals surface area contributed by atoms with Crippen molar-refractivity contribution in [2.24, 2.45) is 11.8 Å². The summed E-state index contributed by atoms with van der Waals surface area (Å²) in [5.74, 6) is 6.22. The van der Waals surface area contributed by atoms with E-state index in [1.54, 1.807) is 13.8 Å². The SMILES string of the molecule is CCOCC(C)CC(C)(O)C#CC(C)(O)CC(C)C. The third-order valence-electron chi connectivity index (χ3n) is 2.76. The summed E-state index contributed by atoms with van der Waals surface area (Å²) < 4.78 is 5.33. The molecule has 0 radical (unpaired) electrons. The van der Waals surface area contributed by atoms with E-state index in [4.69, 9.17) is 4.74 Å². The molecule has 0 saturated heterocycles. The van der Waals surface area contributed by atoms with Crippen LogP contribution in [0.15, 0.2) is 0 Å². The molecule has 0 spiro atoms. The fourth-order valence-corrected chi connectivity index (χ4v) is 2.22. The Kier molecular flexibility index (Phi) is 7.66. The van der Waals surface area contributed by atoms with Crippen LogP contribution >= 0.6 is 0 Å². The van der Waals surface area contributed by atoms with Crippen LogP contribution in [-0.4, -0.2) is 34.6 Å². The van der Waals surface area contributed by atoms with Crippen LogP contribution in [0, 0.1) is 23.7 Å². The van der Waals surface area contributed by atoms with Gasteiger partial charge in [-0.2, -0.15) is 0 Å². The largest absolute Gasteiger partial charge is 0.381 e. The molecule has 3 heteroatoms. The molecule has 0 bridgehead atoms. The van der Waals surface area contributed by atoms with Crippen LogP contribution in [0.1, 0.15) is 54.4 Å².